The van der Waals surface area contributed by atoms with Crippen LogP contribution in [0.4, 0.5) is 15.6 Å². The number of hydrogen-bond donors (Lipinski definition) is 2. The van der Waals surface area contributed by atoms with Crippen LogP contribution in [-0.4, -0.2) is 27.4 Å². The molecule has 0 aromatic carbocycles. The highest BCUT2D eigenvalue weighted by atomic mass is 32.1. The Kier molecular flexibility index (Phi) is 5.15. The molecule has 1 aliphatic heterocycles. The summed E-state index contributed by atoms with van der Waals surface area (Å²) < 4.78 is 7.62. The first-order chi connectivity index (χ1) is 11.6. The first-order valence-electron chi connectivity index (χ1n) is 8.27. The molecule has 3 rings (SSSR count). The van der Waals surface area contributed by atoms with Crippen LogP contribution in [-0.2, 0) is 11.3 Å². The van der Waals surface area contributed by atoms with E-state index in [2.05, 4.69) is 20.7 Å². The lowest BCUT2D eigenvalue weighted by molar-refractivity contribution is 0.0171. The van der Waals surface area contributed by atoms with Gasteiger partial charge in [0.2, 0.25) is 0 Å². The smallest absolute Gasteiger partial charge is 0.325 e. The van der Waals surface area contributed by atoms with Crippen LogP contribution in [0.1, 0.15) is 48.6 Å². The summed E-state index contributed by atoms with van der Waals surface area (Å²) in [4.78, 5) is 17.6. The van der Waals surface area contributed by atoms with Crippen molar-refractivity contribution in [2.24, 2.45) is 0 Å². The molecule has 2 aromatic heterocycles. The van der Waals surface area contributed by atoms with E-state index in [1.807, 2.05) is 25.5 Å². The largest absolute Gasteiger partial charge is 0.373 e. The summed E-state index contributed by atoms with van der Waals surface area (Å²) >= 11 is 1.47. The molecule has 0 bridgehead atoms. The minimum atomic E-state index is -0.303. The maximum Gasteiger partial charge on any atom is 0.325 e. The van der Waals surface area contributed by atoms with Crippen LogP contribution in [0, 0.1) is 13.8 Å². The second-order valence-corrected chi connectivity index (χ2v) is 6.93. The molecule has 2 N–H and O–H groups in total. The number of anilines is 2. The van der Waals surface area contributed by atoms with Crippen molar-refractivity contribution in [1.29, 1.82) is 0 Å². The molecule has 7 nitrogen and oxygen atoms in total. The molecule has 1 fully saturated rings. The van der Waals surface area contributed by atoms with Crippen molar-refractivity contribution in [3.05, 3.63) is 22.5 Å². The standard InChI is InChI=1S/C16H23N5O2S/c1-4-21-11(3)14(10(2)20-21)18-15(22)19-16-17-9-13(24-16)12-7-5-6-8-23-12/h9,12H,4-8H2,1-3H3,(H2,17,18,19,22). The van der Waals surface area contributed by atoms with Crippen LogP contribution in [0.5, 0.6) is 0 Å². The highest BCUT2D eigenvalue weighted by Crippen LogP contribution is 2.33. The summed E-state index contributed by atoms with van der Waals surface area (Å²) in [6.45, 7) is 7.42. The van der Waals surface area contributed by atoms with Crippen molar-refractivity contribution >= 4 is 28.2 Å². The lowest BCUT2D eigenvalue weighted by atomic mass is 10.1. The summed E-state index contributed by atoms with van der Waals surface area (Å²) in [7, 11) is 0. The molecule has 3 heterocycles. The molecule has 0 spiro atoms. The van der Waals surface area contributed by atoms with Crippen LogP contribution < -0.4 is 10.6 Å². The van der Waals surface area contributed by atoms with Gasteiger partial charge in [0.1, 0.15) is 0 Å². The normalized spacial score (nSPS) is 17.7. The molecule has 130 valence electrons. The number of carbonyl (C=O) groups is 1. The number of nitrogens with one attached hydrogen (secondary N) is 2. The Morgan fingerprint density at radius 3 is 2.92 bits per heavy atom. The van der Waals surface area contributed by atoms with Gasteiger partial charge >= 0.3 is 6.03 Å². The zero-order valence-corrected chi connectivity index (χ0v) is 15.1. The summed E-state index contributed by atoms with van der Waals surface area (Å²) in [5, 5.41) is 10.6. The Hall–Kier alpha value is -1.93. The summed E-state index contributed by atoms with van der Waals surface area (Å²) in [5.74, 6) is 0. The predicted octanol–water partition coefficient (Wildman–Crippen LogP) is 3.86. The van der Waals surface area contributed by atoms with Crippen LogP contribution in [0.3, 0.4) is 0 Å². The van der Waals surface area contributed by atoms with Gasteiger partial charge in [0, 0.05) is 19.3 Å². The number of ether oxygens (including phenoxy) is 1. The molecule has 1 atom stereocenters. The third kappa shape index (κ3) is 3.59. The second-order valence-electron chi connectivity index (χ2n) is 5.86. The number of aryl methyl sites for hydroxylation is 2. The van der Waals surface area contributed by atoms with E-state index in [4.69, 9.17) is 4.74 Å². The van der Waals surface area contributed by atoms with Gasteiger partial charge in [0.05, 0.1) is 28.1 Å². The fourth-order valence-electron chi connectivity index (χ4n) is 2.89. The highest BCUT2D eigenvalue weighted by molar-refractivity contribution is 7.15. The van der Waals surface area contributed by atoms with Gasteiger partial charge in [-0.2, -0.15) is 5.10 Å². The molecule has 0 saturated carbocycles. The first kappa shape index (κ1) is 16.9. The van der Waals surface area contributed by atoms with Crippen molar-refractivity contribution < 1.29 is 9.53 Å². The zero-order chi connectivity index (χ0) is 17.1. The number of thiazole rings is 1. The highest BCUT2D eigenvalue weighted by Gasteiger charge is 2.20. The number of aromatic nitrogens is 3. The molecule has 1 aliphatic rings. The SMILES string of the molecule is CCn1nc(C)c(NC(=O)Nc2ncc(C3CCCCO3)s2)c1C. The van der Waals surface area contributed by atoms with E-state index in [-0.39, 0.29) is 12.1 Å². The average molecular weight is 349 g/mol. The molecule has 24 heavy (non-hydrogen) atoms. The molecule has 0 radical (unpaired) electrons. The molecular formula is C16H23N5O2S. The quantitative estimate of drug-likeness (QED) is 0.878. The van der Waals surface area contributed by atoms with Crippen molar-refractivity contribution in [3.8, 4) is 0 Å². The van der Waals surface area contributed by atoms with E-state index in [0.717, 1.165) is 47.9 Å². The van der Waals surface area contributed by atoms with Gasteiger partial charge in [0.15, 0.2) is 5.13 Å². The van der Waals surface area contributed by atoms with Gasteiger partial charge in [-0.25, -0.2) is 9.78 Å². The molecular weight excluding hydrogens is 326 g/mol. The number of rotatable bonds is 4. The number of nitrogens with zero attached hydrogens (tertiary/aromatic N) is 3. The second kappa shape index (κ2) is 7.31. The van der Waals surface area contributed by atoms with Crippen LogP contribution in [0.2, 0.25) is 0 Å². The van der Waals surface area contributed by atoms with Gasteiger partial charge in [-0.1, -0.05) is 11.3 Å². The molecule has 1 saturated heterocycles. The lowest BCUT2D eigenvalue weighted by Gasteiger charge is -2.20. The lowest BCUT2D eigenvalue weighted by Crippen LogP contribution is -2.20. The Labute approximate surface area is 145 Å². The van der Waals surface area contributed by atoms with Gasteiger partial charge in [-0.3, -0.25) is 10.00 Å². The zero-order valence-electron chi connectivity index (χ0n) is 14.3. The Balaban J connectivity index is 1.63. The fraction of sp³-hybridized carbons (Fsp3) is 0.562. The van der Waals surface area contributed by atoms with Crippen molar-refractivity contribution in [3.63, 3.8) is 0 Å². The molecule has 8 heteroatoms. The van der Waals surface area contributed by atoms with Crippen molar-refractivity contribution in [2.75, 3.05) is 17.2 Å². The third-order valence-electron chi connectivity index (χ3n) is 4.16. The monoisotopic (exact) mass is 349 g/mol. The van der Waals surface area contributed by atoms with Crippen LogP contribution in [0.15, 0.2) is 6.20 Å². The topological polar surface area (TPSA) is 81.1 Å². The Morgan fingerprint density at radius 2 is 2.25 bits per heavy atom. The van der Waals surface area contributed by atoms with Gasteiger partial charge in [0.25, 0.3) is 0 Å². The van der Waals surface area contributed by atoms with E-state index in [1.54, 1.807) is 6.20 Å². The summed E-state index contributed by atoms with van der Waals surface area (Å²) in [6.07, 6.45) is 5.21. The van der Waals surface area contributed by atoms with Gasteiger partial charge in [-0.15, -0.1) is 0 Å². The minimum absolute atomic E-state index is 0.113. The van der Waals surface area contributed by atoms with E-state index in [0.29, 0.717) is 5.13 Å². The van der Waals surface area contributed by atoms with Crippen molar-refractivity contribution in [1.82, 2.24) is 14.8 Å². The van der Waals surface area contributed by atoms with Crippen LogP contribution in [0.25, 0.3) is 0 Å². The van der Waals surface area contributed by atoms with E-state index >= 15 is 0 Å². The Morgan fingerprint density at radius 1 is 1.42 bits per heavy atom. The number of carbonyl (C=O) groups excluding carboxylic acids is 1. The first-order valence-corrected chi connectivity index (χ1v) is 9.09. The molecule has 0 aliphatic carbocycles. The summed E-state index contributed by atoms with van der Waals surface area (Å²) in [5.41, 5.74) is 2.50. The third-order valence-corrected chi connectivity index (χ3v) is 5.17. The van der Waals surface area contributed by atoms with E-state index in [9.17, 15) is 4.79 Å². The van der Waals surface area contributed by atoms with Crippen molar-refractivity contribution in [2.45, 2.75) is 52.7 Å². The summed E-state index contributed by atoms with van der Waals surface area (Å²) in [6, 6.07) is -0.303. The predicted molar refractivity (Wildman–Crippen MR) is 94.7 cm³/mol. The molecule has 2 aromatic rings. The maximum absolute atomic E-state index is 12.2. The number of hydrogen-bond acceptors (Lipinski definition) is 5. The molecule has 1 unspecified atom stereocenters. The minimum Gasteiger partial charge on any atom is -0.373 e. The number of urea groups is 1. The fourth-order valence-corrected chi connectivity index (χ4v) is 3.78. The molecule has 2 amide bonds. The number of amides is 2. The average Bonchev–Trinajstić information content (AvgIpc) is 3.15. The Bertz CT molecular complexity index is 718. The van der Waals surface area contributed by atoms with E-state index in [1.165, 1.54) is 17.8 Å². The van der Waals surface area contributed by atoms with E-state index < -0.39 is 0 Å². The van der Waals surface area contributed by atoms with Gasteiger partial charge in [-0.05, 0) is 40.0 Å². The maximum atomic E-state index is 12.2. The van der Waals surface area contributed by atoms with Crippen LogP contribution >= 0.6 is 11.3 Å². The van der Waals surface area contributed by atoms with Gasteiger partial charge < -0.3 is 10.1 Å².